The van der Waals surface area contributed by atoms with Crippen molar-refractivity contribution < 1.29 is 4.57 Å². The summed E-state index contributed by atoms with van der Waals surface area (Å²) in [5.74, 6) is 0. The van der Waals surface area contributed by atoms with E-state index in [0.717, 1.165) is 21.9 Å². The molecule has 0 radical (unpaired) electrons. The van der Waals surface area contributed by atoms with Crippen LogP contribution in [-0.4, -0.2) is 7.05 Å². The molecule has 3 heteroatoms. The van der Waals surface area contributed by atoms with E-state index >= 15 is 0 Å². The molecule has 0 aromatic heterocycles. The zero-order valence-corrected chi connectivity index (χ0v) is 14.3. The van der Waals surface area contributed by atoms with Gasteiger partial charge >= 0.3 is 0 Å². The average molecular weight is 321 g/mol. The lowest BCUT2D eigenvalue weighted by Crippen LogP contribution is -2.30. The molecule has 0 aliphatic rings. The Morgan fingerprint density at radius 2 is 1.26 bits per heavy atom. The molecule has 0 amide bonds. The zero-order chi connectivity index (χ0) is 16.3. The fraction of sp³-hybridized carbons (Fsp3) is 0.100. The monoisotopic (exact) mass is 321 g/mol. The molecule has 116 valence electrons. The highest BCUT2D eigenvalue weighted by Gasteiger charge is 2.33. The first-order valence-corrected chi connectivity index (χ1v) is 9.31. The topological polar surface area (TPSA) is 20.3 Å². The summed E-state index contributed by atoms with van der Waals surface area (Å²) in [6, 6.07) is 27.6. The van der Waals surface area contributed by atoms with Gasteiger partial charge in [-0.3, -0.25) is 4.57 Å². The lowest BCUT2D eigenvalue weighted by Gasteiger charge is -2.32. The van der Waals surface area contributed by atoms with E-state index in [2.05, 4.69) is 0 Å². The van der Waals surface area contributed by atoms with Gasteiger partial charge in [0, 0.05) is 23.3 Å². The van der Waals surface area contributed by atoms with Gasteiger partial charge in [-0.25, -0.2) is 0 Å². The maximum absolute atomic E-state index is 14.3. The van der Waals surface area contributed by atoms with Gasteiger partial charge in [-0.05, 0) is 42.8 Å². The van der Waals surface area contributed by atoms with Gasteiger partial charge in [0.2, 0.25) is 7.29 Å². The molecule has 0 saturated heterocycles. The minimum atomic E-state index is -2.94. The molecule has 3 aromatic rings. The van der Waals surface area contributed by atoms with Crippen LogP contribution < -0.4 is 15.3 Å². The fourth-order valence-corrected chi connectivity index (χ4v) is 5.64. The molecule has 0 aliphatic carbocycles. The predicted molar refractivity (Wildman–Crippen MR) is 99.3 cm³/mol. The Labute approximate surface area is 137 Å². The Kier molecular flexibility index (Phi) is 4.36. The minimum absolute atomic E-state index is 0.848. The van der Waals surface area contributed by atoms with E-state index < -0.39 is 7.29 Å². The molecular weight excluding hydrogens is 301 g/mol. The van der Waals surface area contributed by atoms with E-state index in [4.69, 9.17) is 0 Å². The SMILES string of the molecule is Cc1ccccc1P(=O)(c1ccccc1)N(C)c1ccccc1. The molecule has 23 heavy (non-hydrogen) atoms. The third-order valence-corrected chi connectivity index (χ3v) is 7.33. The Balaban J connectivity index is 2.23. The second-order valence-electron chi connectivity index (χ2n) is 5.56. The van der Waals surface area contributed by atoms with E-state index in [1.54, 1.807) is 0 Å². The van der Waals surface area contributed by atoms with Gasteiger partial charge in [-0.2, -0.15) is 0 Å². The summed E-state index contributed by atoms with van der Waals surface area (Å²) in [5.41, 5.74) is 1.99. The third-order valence-electron chi connectivity index (χ3n) is 4.10. The maximum atomic E-state index is 14.3. The summed E-state index contributed by atoms with van der Waals surface area (Å²) in [4.78, 5) is 0. The van der Waals surface area contributed by atoms with Crippen LogP contribution >= 0.6 is 7.29 Å². The van der Waals surface area contributed by atoms with Crippen molar-refractivity contribution >= 4 is 23.6 Å². The van der Waals surface area contributed by atoms with Gasteiger partial charge in [0.25, 0.3) is 0 Å². The molecule has 0 aliphatic heterocycles. The molecule has 3 rings (SSSR count). The van der Waals surface area contributed by atoms with Crippen molar-refractivity contribution in [2.24, 2.45) is 0 Å². The molecule has 0 N–H and O–H groups in total. The average Bonchev–Trinajstić information content (AvgIpc) is 2.62. The van der Waals surface area contributed by atoms with Crippen molar-refractivity contribution in [1.29, 1.82) is 0 Å². The van der Waals surface area contributed by atoms with Crippen molar-refractivity contribution in [3.05, 3.63) is 90.5 Å². The van der Waals surface area contributed by atoms with Crippen LogP contribution in [0.3, 0.4) is 0 Å². The van der Waals surface area contributed by atoms with Crippen LogP contribution in [0.15, 0.2) is 84.9 Å². The van der Waals surface area contributed by atoms with Crippen LogP contribution in [0.5, 0.6) is 0 Å². The standard InChI is InChI=1S/C20H20NOP/c1-17-11-9-10-16-20(17)23(22,19-14-7-4-8-15-19)21(2)18-12-5-3-6-13-18/h3-16H,1-2H3. The summed E-state index contributed by atoms with van der Waals surface area (Å²) >= 11 is 0. The number of hydrogen-bond acceptors (Lipinski definition) is 1. The van der Waals surface area contributed by atoms with E-state index in [1.807, 2.05) is 104 Å². The normalized spacial score (nSPS) is 13.3. The van der Waals surface area contributed by atoms with Crippen LogP contribution in [0.1, 0.15) is 5.56 Å². The summed E-state index contributed by atoms with van der Waals surface area (Å²) in [7, 11) is -1.03. The van der Waals surface area contributed by atoms with E-state index in [1.165, 1.54) is 0 Å². The molecule has 0 spiro atoms. The first-order valence-electron chi connectivity index (χ1n) is 7.65. The first kappa shape index (κ1) is 15.6. The van der Waals surface area contributed by atoms with Gasteiger partial charge < -0.3 is 4.67 Å². The number of rotatable bonds is 4. The molecule has 0 bridgehead atoms. The number of anilines is 1. The van der Waals surface area contributed by atoms with Gasteiger partial charge in [-0.1, -0.05) is 54.6 Å². The molecule has 0 saturated carbocycles. The number of aryl methyl sites for hydroxylation is 1. The van der Waals surface area contributed by atoms with E-state index in [9.17, 15) is 4.57 Å². The van der Waals surface area contributed by atoms with Crippen molar-refractivity contribution in [2.45, 2.75) is 6.92 Å². The summed E-state index contributed by atoms with van der Waals surface area (Å²) in [5, 5.41) is 1.73. The number of nitrogens with zero attached hydrogens (tertiary/aromatic N) is 1. The zero-order valence-electron chi connectivity index (χ0n) is 13.4. The Bertz CT molecular complexity index is 831. The highest BCUT2D eigenvalue weighted by molar-refractivity contribution is 7.80. The number of benzene rings is 3. The van der Waals surface area contributed by atoms with Crippen molar-refractivity contribution in [3.8, 4) is 0 Å². The Morgan fingerprint density at radius 1 is 0.739 bits per heavy atom. The quantitative estimate of drug-likeness (QED) is 0.666. The molecule has 0 heterocycles. The van der Waals surface area contributed by atoms with Gasteiger partial charge in [0.15, 0.2) is 0 Å². The van der Waals surface area contributed by atoms with E-state index in [0.29, 0.717) is 0 Å². The number of hydrogen-bond donors (Lipinski definition) is 0. The van der Waals surface area contributed by atoms with Crippen molar-refractivity contribution in [1.82, 2.24) is 0 Å². The second-order valence-corrected chi connectivity index (χ2v) is 8.31. The maximum Gasteiger partial charge on any atom is 0.229 e. The molecule has 2 nitrogen and oxygen atoms in total. The molecule has 1 atom stereocenters. The molecule has 3 aromatic carbocycles. The van der Waals surface area contributed by atoms with Gasteiger partial charge in [0.05, 0.1) is 0 Å². The van der Waals surface area contributed by atoms with Gasteiger partial charge in [0.1, 0.15) is 0 Å². The Hall–Kier alpha value is -2.31. The largest absolute Gasteiger partial charge is 0.319 e. The fourth-order valence-electron chi connectivity index (χ4n) is 2.81. The van der Waals surface area contributed by atoms with Crippen LogP contribution in [0, 0.1) is 6.92 Å². The lowest BCUT2D eigenvalue weighted by atomic mass is 10.2. The smallest absolute Gasteiger partial charge is 0.229 e. The van der Waals surface area contributed by atoms with E-state index in [-0.39, 0.29) is 0 Å². The minimum Gasteiger partial charge on any atom is -0.319 e. The van der Waals surface area contributed by atoms with Crippen molar-refractivity contribution in [2.75, 3.05) is 11.7 Å². The Morgan fingerprint density at radius 3 is 1.87 bits per heavy atom. The van der Waals surface area contributed by atoms with Crippen LogP contribution in [0.4, 0.5) is 5.69 Å². The first-order chi connectivity index (χ1) is 11.1. The highest BCUT2D eigenvalue weighted by Crippen LogP contribution is 2.49. The summed E-state index contributed by atoms with van der Waals surface area (Å²) in [6.45, 7) is 2.02. The predicted octanol–water partition coefficient (Wildman–Crippen LogP) is 4.36. The van der Waals surface area contributed by atoms with Crippen LogP contribution in [0.25, 0.3) is 0 Å². The molecule has 0 fully saturated rings. The van der Waals surface area contributed by atoms with Crippen LogP contribution in [0.2, 0.25) is 0 Å². The third kappa shape index (κ3) is 2.83. The molecule has 1 unspecified atom stereocenters. The second kappa shape index (κ2) is 6.44. The highest BCUT2D eigenvalue weighted by atomic mass is 31.2. The van der Waals surface area contributed by atoms with Crippen molar-refractivity contribution in [3.63, 3.8) is 0 Å². The van der Waals surface area contributed by atoms with Gasteiger partial charge in [-0.15, -0.1) is 0 Å². The summed E-state index contributed by atoms with van der Waals surface area (Å²) < 4.78 is 16.2. The lowest BCUT2D eigenvalue weighted by molar-refractivity contribution is 0.586. The number of para-hydroxylation sites is 1. The van der Waals surface area contributed by atoms with Crippen LogP contribution in [-0.2, 0) is 4.57 Å². The molecular formula is C20H20NOP. The summed E-state index contributed by atoms with van der Waals surface area (Å²) in [6.07, 6.45) is 0.